The third kappa shape index (κ3) is 3.14. The van der Waals surface area contributed by atoms with Crippen LogP contribution in [-0.4, -0.2) is 7.11 Å². The Hall–Kier alpha value is -1.28. The molecule has 0 heterocycles. The molecule has 0 N–H and O–H groups in total. The zero-order chi connectivity index (χ0) is 13.0. The molecular weight excluding hydrogens is 288 g/mol. The van der Waals surface area contributed by atoms with Gasteiger partial charge in [-0.05, 0) is 30.5 Å². The molecule has 0 saturated carbocycles. The highest BCUT2D eigenvalue weighted by atomic mass is 79.9. The van der Waals surface area contributed by atoms with E-state index in [0.717, 1.165) is 12.2 Å². The first-order valence-corrected chi connectivity index (χ1v) is 6.95. The predicted molar refractivity (Wildman–Crippen MR) is 79.5 cm³/mol. The quantitative estimate of drug-likeness (QED) is 0.745. The lowest BCUT2D eigenvalue weighted by Crippen LogP contribution is -1.98. The molecule has 0 saturated heterocycles. The van der Waals surface area contributed by atoms with Crippen molar-refractivity contribution in [3.8, 4) is 5.75 Å². The summed E-state index contributed by atoms with van der Waals surface area (Å²) in [7, 11) is 1.72. The number of hydrogen-bond acceptors (Lipinski definition) is 1. The fourth-order valence-corrected chi connectivity index (χ4v) is 2.68. The van der Waals surface area contributed by atoms with Crippen molar-refractivity contribution in [3.63, 3.8) is 0 Å². The molecule has 0 aliphatic rings. The molecule has 18 heavy (non-hydrogen) atoms. The van der Waals surface area contributed by atoms with E-state index in [1.807, 2.05) is 18.2 Å². The van der Waals surface area contributed by atoms with E-state index < -0.39 is 0 Å². The third-order valence-corrected chi connectivity index (χ3v) is 3.85. The molecule has 0 radical (unpaired) electrons. The van der Waals surface area contributed by atoms with Crippen LogP contribution in [0.1, 0.15) is 21.5 Å². The van der Waals surface area contributed by atoms with E-state index in [-0.39, 0.29) is 0 Å². The van der Waals surface area contributed by atoms with E-state index in [1.54, 1.807) is 7.11 Å². The Balaban J connectivity index is 2.18. The molecule has 2 rings (SSSR count). The summed E-state index contributed by atoms with van der Waals surface area (Å²) in [5, 5.41) is 0. The topological polar surface area (TPSA) is 9.23 Å². The summed E-state index contributed by atoms with van der Waals surface area (Å²) < 4.78 is 5.38. The number of halogens is 1. The minimum absolute atomic E-state index is 0.314. The molecule has 94 valence electrons. The van der Waals surface area contributed by atoms with Gasteiger partial charge in [-0.3, -0.25) is 0 Å². The van der Waals surface area contributed by atoms with Gasteiger partial charge in [-0.25, -0.2) is 0 Å². The highest BCUT2D eigenvalue weighted by molar-refractivity contribution is 9.09. The second-order valence-electron chi connectivity index (χ2n) is 4.40. The van der Waals surface area contributed by atoms with E-state index in [9.17, 15) is 0 Å². The van der Waals surface area contributed by atoms with Gasteiger partial charge in [-0.2, -0.15) is 0 Å². The zero-order valence-electron chi connectivity index (χ0n) is 10.7. The van der Waals surface area contributed by atoms with Crippen LogP contribution in [0.4, 0.5) is 0 Å². The molecule has 0 spiro atoms. The summed E-state index contributed by atoms with van der Waals surface area (Å²) in [6.07, 6.45) is 0.924. The first kappa shape index (κ1) is 13.2. The van der Waals surface area contributed by atoms with Gasteiger partial charge >= 0.3 is 0 Å². The van der Waals surface area contributed by atoms with Gasteiger partial charge in [0.05, 0.1) is 7.11 Å². The van der Waals surface area contributed by atoms with Crippen molar-refractivity contribution in [3.05, 3.63) is 65.2 Å². The molecule has 2 aromatic rings. The average Bonchev–Trinajstić information content (AvgIpc) is 2.39. The SMILES string of the molecule is COc1ccccc1CC(Br)c1cccc(C)c1. The Morgan fingerprint density at radius 1 is 1.11 bits per heavy atom. The first-order valence-electron chi connectivity index (χ1n) is 6.03. The minimum Gasteiger partial charge on any atom is -0.496 e. The van der Waals surface area contributed by atoms with Crippen LogP contribution in [-0.2, 0) is 6.42 Å². The maximum Gasteiger partial charge on any atom is 0.122 e. The molecule has 1 atom stereocenters. The molecule has 0 aromatic heterocycles. The van der Waals surface area contributed by atoms with Gasteiger partial charge in [0, 0.05) is 4.83 Å². The highest BCUT2D eigenvalue weighted by Gasteiger charge is 2.11. The molecule has 2 heteroatoms. The number of alkyl halides is 1. The molecule has 0 amide bonds. The summed E-state index contributed by atoms with van der Waals surface area (Å²) in [4.78, 5) is 0.314. The molecule has 1 unspecified atom stereocenters. The van der Waals surface area contributed by atoms with Crippen molar-refractivity contribution in [1.82, 2.24) is 0 Å². The van der Waals surface area contributed by atoms with Crippen LogP contribution in [0.2, 0.25) is 0 Å². The maximum absolute atomic E-state index is 5.38. The Morgan fingerprint density at radius 3 is 2.61 bits per heavy atom. The summed E-state index contributed by atoms with van der Waals surface area (Å²) in [6, 6.07) is 16.8. The number of para-hydroxylation sites is 1. The van der Waals surface area contributed by atoms with Crippen molar-refractivity contribution in [2.45, 2.75) is 18.2 Å². The van der Waals surface area contributed by atoms with E-state index >= 15 is 0 Å². The number of rotatable bonds is 4. The van der Waals surface area contributed by atoms with Gasteiger partial charge in [0.2, 0.25) is 0 Å². The van der Waals surface area contributed by atoms with Crippen molar-refractivity contribution in [1.29, 1.82) is 0 Å². The van der Waals surface area contributed by atoms with Crippen LogP contribution in [0.25, 0.3) is 0 Å². The minimum atomic E-state index is 0.314. The van der Waals surface area contributed by atoms with Gasteiger partial charge in [0.1, 0.15) is 5.75 Å². The second-order valence-corrected chi connectivity index (χ2v) is 5.50. The van der Waals surface area contributed by atoms with Crippen molar-refractivity contribution >= 4 is 15.9 Å². The van der Waals surface area contributed by atoms with E-state index in [2.05, 4.69) is 53.2 Å². The number of hydrogen-bond donors (Lipinski definition) is 0. The van der Waals surface area contributed by atoms with Crippen LogP contribution < -0.4 is 4.74 Å². The van der Waals surface area contributed by atoms with Gasteiger partial charge in [-0.1, -0.05) is 64.0 Å². The van der Waals surface area contributed by atoms with E-state index in [1.165, 1.54) is 16.7 Å². The van der Waals surface area contributed by atoms with Crippen molar-refractivity contribution in [2.75, 3.05) is 7.11 Å². The maximum atomic E-state index is 5.38. The summed E-state index contributed by atoms with van der Waals surface area (Å²) >= 11 is 3.76. The smallest absolute Gasteiger partial charge is 0.122 e. The lowest BCUT2D eigenvalue weighted by Gasteiger charge is -2.13. The van der Waals surface area contributed by atoms with Crippen LogP contribution >= 0.6 is 15.9 Å². The lowest BCUT2D eigenvalue weighted by molar-refractivity contribution is 0.409. The standard InChI is InChI=1S/C16H17BrO/c1-12-6-5-8-13(10-12)15(17)11-14-7-3-4-9-16(14)18-2/h3-10,15H,11H2,1-2H3. The fraction of sp³-hybridized carbons (Fsp3) is 0.250. The van der Waals surface area contributed by atoms with Crippen molar-refractivity contribution in [2.24, 2.45) is 0 Å². The summed E-state index contributed by atoms with van der Waals surface area (Å²) in [5.41, 5.74) is 3.82. The summed E-state index contributed by atoms with van der Waals surface area (Å²) in [5.74, 6) is 0.953. The molecule has 0 aliphatic heterocycles. The van der Waals surface area contributed by atoms with Crippen LogP contribution in [0, 0.1) is 6.92 Å². The van der Waals surface area contributed by atoms with Crippen LogP contribution in [0.5, 0.6) is 5.75 Å². The van der Waals surface area contributed by atoms with Crippen LogP contribution in [0.15, 0.2) is 48.5 Å². The van der Waals surface area contributed by atoms with Gasteiger partial charge in [-0.15, -0.1) is 0 Å². The third-order valence-electron chi connectivity index (χ3n) is 3.00. The van der Waals surface area contributed by atoms with E-state index in [0.29, 0.717) is 4.83 Å². The molecule has 0 bridgehead atoms. The first-order chi connectivity index (χ1) is 8.70. The Labute approximate surface area is 117 Å². The summed E-state index contributed by atoms with van der Waals surface area (Å²) in [6.45, 7) is 2.12. The molecule has 0 fully saturated rings. The van der Waals surface area contributed by atoms with Crippen molar-refractivity contribution < 1.29 is 4.74 Å². The normalized spacial score (nSPS) is 12.2. The largest absolute Gasteiger partial charge is 0.496 e. The Morgan fingerprint density at radius 2 is 1.89 bits per heavy atom. The Bertz CT molecular complexity index is 522. The second kappa shape index (κ2) is 6.05. The van der Waals surface area contributed by atoms with E-state index in [4.69, 9.17) is 4.74 Å². The predicted octanol–water partition coefficient (Wildman–Crippen LogP) is 4.68. The number of methoxy groups -OCH3 is 1. The van der Waals surface area contributed by atoms with Crippen LogP contribution in [0.3, 0.4) is 0 Å². The fourth-order valence-electron chi connectivity index (χ4n) is 2.05. The molecule has 2 aromatic carbocycles. The lowest BCUT2D eigenvalue weighted by atomic mass is 10.0. The number of ether oxygens (including phenoxy) is 1. The molecular formula is C16H17BrO. The highest BCUT2D eigenvalue weighted by Crippen LogP contribution is 2.30. The molecule has 0 aliphatic carbocycles. The van der Waals surface area contributed by atoms with Gasteiger partial charge in [0.25, 0.3) is 0 Å². The monoisotopic (exact) mass is 304 g/mol. The Kier molecular flexibility index (Phi) is 4.43. The number of benzene rings is 2. The molecule has 1 nitrogen and oxygen atoms in total. The van der Waals surface area contributed by atoms with Gasteiger partial charge in [0.15, 0.2) is 0 Å². The average molecular weight is 305 g/mol. The van der Waals surface area contributed by atoms with Gasteiger partial charge < -0.3 is 4.74 Å². The number of aryl methyl sites for hydroxylation is 1. The zero-order valence-corrected chi connectivity index (χ0v) is 12.3.